The fourth-order valence-corrected chi connectivity index (χ4v) is 2.37. The zero-order chi connectivity index (χ0) is 14.1. The maximum atomic E-state index is 11.0. The van der Waals surface area contributed by atoms with E-state index in [0.717, 1.165) is 16.9 Å². The molecule has 0 radical (unpaired) electrons. The molecule has 0 spiro atoms. The molecular weight excluding hydrogens is 254 g/mol. The van der Waals surface area contributed by atoms with Gasteiger partial charge in [-0.25, -0.2) is 0 Å². The average molecular weight is 267 g/mol. The number of aryl methyl sites for hydroxylation is 1. The number of benzene rings is 1. The minimum Gasteiger partial charge on any atom is -0.341 e. The molecule has 20 heavy (non-hydrogen) atoms. The molecule has 3 aromatic rings. The van der Waals surface area contributed by atoms with Crippen molar-refractivity contribution in [3.8, 4) is 0 Å². The van der Waals surface area contributed by atoms with Gasteiger partial charge in [0.1, 0.15) is 0 Å². The van der Waals surface area contributed by atoms with Crippen molar-refractivity contribution in [1.82, 2.24) is 9.55 Å². The lowest BCUT2D eigenvalue weighted by atomic mass is 10.2. The Morgan fingerprint density at radius 1 is 1.20 bits per heavy atom. The molecule has 1 aromatic carbocycles. The van der Waals surface area contributed by atoms with E-state index in [1.165, 1.54) is 6.07 Å². The highest BCUT2D eigenvalue weighted by Gasteiger charge is 2.13. The van der Waals surface area contributed by atoms with Gasteiger partial charge in [0.05, 0.1) is 28.1 Å². The molecule has 0 unspecified atom stereocenters. The number of nitrogens with zero attached hydrogens (tertiary/aromatic N) is 3. The molecule has 100 valence electrons. The summed E-state index contributed by atoms with van der Waals surface area (Å²) >= 11 is 0. The second-order valence-corrected chi connectivity index (χ2v) is 4.68. The van der Waals surface area contributed by atoms with E-state index in [-0.39, 0.29) is 10.6 Å². The van der Waals surface area contributed by atoms with Gasteiger partial charge >= 0.3 is 0 Å². The van der Waals surface area contributed by atoms with Gasteiger partial charge in [0, 0.05) is 18.0 Å². The smallest absolute Gasteiger partial charge is 0.278 e. The van der Waals surface area contributed by atoms with Gasteiger partial charge in [0.15, 0.2) is 0 Å². The molecule has 0 aliphatic rings. The first kappa shape index (κ1) is 12.3. The number of rotatable bonds is 3. The summed E-state index contributed by atoms with van der Waals surface area (Å²) in [5.41, 5.74) is 2.89. The van der Waals surface area contributed by atoms with E-state index < -0.39 is 0 Å². The van der Waals surface area contributed by atoms with Gasteiger partial charge in [-0.2, -0.15) is 0 Å². The van der Waals surface area contributed by atoms with E-state index in [1.54, 1.807) is 12.1 Å². The van der Waals surface area contributed by atoms with Crippen molar-refractivity contribution >= 4 is 16.6 Å². The molecule has 2 heterocycles. The van der Waals surface area contributed by atoms with Gasteiger partial charge in [0.2, 0.25) is 0 Å². The topological polar surface area (TPSA) is 61.0 Å². The Kier molecular flexibility index (Phi) is 2.95. The molecule has 0 aliphatic heterocycles. The third-order valence-corrected chi connectivity index (χ3v) is 3.27. The van der Waals surface area contributed by atoms with Crippen LogP contribution in [0.5, 0.6) is 0 Å². The molecule has 3 rings (SSSR count). The summed E-state index contributed by atoms with van der Waals surface area (Å²) in [6, 6.07) is 12.8. The standard InChI is InChI=1S/C15H13N3O2/c1-11-4-2-5-12(16-11)10-17-9-8-13-14(17)6-3-7-15(13)18(19)20/h2-9H,10H2,1H3. The quantitative estimate of drug-likeness (QED) is 0.540. The molecule has 5 nitrogen and oxygen atoms in total. The maximum Gasteiger partial charge on any atom is 0.278 e. The summed E-state index contributed by atoms with van der Waals surface area (Å²) < 4.78 is 1.98. The lowest BCUT2D eigenvalue weighted by Gasteiger charge is -2.05. The number of non-ortho nitro benzene ring substituents is 1. The fraction of sp³-hybridized carbons (Fsp3) is 0.133. The summed E-state index contributed by atoms with van der Waals surface area (Å²) in [5.74, 6) is 0. The zero-order valence-electron chi connectivity index (χ0n) is 11.0. The Morgan fingerprint density at radius 3 is 2.75 bits per heavy atom. The number of fused-ring (bicyclic) bond motifs is 1. The average Bonchev–Trinajstić information content (AvgIpc) is 2.82. The largest absolute Gasteiger partial charge is 0.341 e. The van der Waals surface area contributed by atoms with Crippen LogP contribution in [0.2, 0.25) is 0 Å². The van der Waals surface area contributed by atoms with E-state index in [0.29, 0.717) is 11.9 Å². The van der Waals surface area contributed by atoms with Crippen molar-refractivity contribution < 1.29 is 4.92 Å². The van der Waals surface area contributed by atoms with Gasteiger partial charge in [-0.05, 0) is 31.2 Å². The maximum absolute atomic E-state index is 11.0. The number of hydrogen-bond acceptors (Lipinski definition) is 3. The first-order valence-corrected chi connectivity index (χ1v) is 6.30. The van der Waals surface area contributed by atoms with Crippen LogP contribution in [-0.2, 0) is 6.54 Å². The minimum atomic E-state index is -0.350. The van der Waals surface area contributed by atoms with Crippen LogP contribution in [0.25, 0.3) is 10.9 Å². The van der Waals surface area contributed by atoms with Crippen LogP contribution >= 0.6 is 0 Å². The SMILES string of the molecule is Cc1cccc(Cn2ccc3c([N+](=O)[O-])cccc32)n1. The molecule has 0 N–H and O–H groups in total. The molecule has 0 saturated carbocycles. The summed E-state index contributed by atoms with van der Waals surface area (Å²) in [6.45, 7) is 2.55. The predicted octanol–water partition coefficient (Wildman–Crippen LogP) is 3.30. The highest BCUT2D eigenvalue weighted by atomic mass is 16.6. The van der Waals surface area contributed by atoms with Crippen molar-refractivity contribution in [2.75, 3.05) is 0 Å². The third-order valence-electron chi connectivity index (χ3n) is 3.27. The van der Waals surface area contributed by atoms with Gasteiger partial charge in [-0.3, -0.25) is 15.1 Å². The van der Waals surface area contributed by atoms with Crippen molar-refractivity contribution in [1.29, 1.82) is 0 Å². The Labute approximate surface area is 115 Å². The summed E-state index contributed by atoms with van der Waals surface area (Å²) in [6.07, 6.45) is 1.86. The molecule has 2 aromatic heterocycles. The van der Waals surface area contributed by atoms with Crippen LogP contribution in [0, 0.1) is 17.0 Å². The molecule has 0 saturated heterocycles. The van der Waals surface area contributed by atoms with Gasteiger partial charge in [0.25, 0.3) is 5.69 Å². The van der Waals surface area contributed by atoms with Crippen LogP contribution in [0.4, 0.5) is 5.69 Å². The molecule has 5 heteroatoms. The molecule has 0 atom stereocenters. The van der Waals surface area contributed by atoms with Crippen molar-refractivity contribution in [3.05, 3.63) is 70.2 Å². The molecule has 0 fully saturated rings. The fourth-order valence-electron chi connectivity index (χ4n) is 2.37. The van der Waals surface area contributed by atoms with Crippen LogP contribution in [0.15, 0.2) is 48.7 Å². The van der Waals surface area contributed by atoms with Crippen molar-refractivity contribution in [3.63, 3.8) is 0 Å². The highest BCUT2D eigenvalue weighted by molar-refractivity contribution is 5.89. The Balaban J connectivity index is 2.05. The second kappa shape index (κ2) is 4.77. The second-order valence-electron chi connectivity index (χ2n) is 4.68. The molecule has 0 bridgehead atoms. The van der Waals surface area contributed by atoms with E-state index in [9.17, 15) is 10.1 Å². The van der Waals surface area contributed by atoms with E-state index >= 15 is 0 Å². The minimum absolute atomic E-state index is 0.137. The number of pyridine rings is 1. The van der Waals surface area contributed by atoms with Crippen LogP contribution in [-0.4, -0.2) is 14.5 Å². The first-order chi connectivity index (χ1) is 9.65. The van der Waals surface area contributed by atoms with Crippen LogP contribution in [0.1, 0.15) is 11.4 Å². The van der Waals surface area contributed by atoms with E-state index in [4.69, 9.17) is 0 Å². The first-order valence-electron chi connectivity index (χ1n) is 6.30. The number of nitro groups is 1. The molecule has 0 aliphatic carbocycles. The third kappa shape index (κ3) is 2.14. The van der Waals surface area contributed by atoms with Gasteiger partial charge in [-0.15, -0.1) is 0 Å². The van der Waals surface area contributed by atoms with E-state index in [1.807, 2.05) is 42.0 Å². The summed E-state index contributed by atoms with van der Waals surface area (Å²) in [7, 11) is 0. The van der Waals surface area contributed by atoms with Crippen LogP contribution < -0.4 is 0 Å². The predicted molar refractivity (Wildman–Crippen MR) is 76.7 cm³/mol. The highest BCUT2D eigenvalue weighted by Crippen LogP contribution is 2.26. The van der Waals surface area contributed by atoms with Crippen molar-refractivity contribution in [2.45, 2.75) is 13.5 Å². The van der Waals surface area contributed by atoms with Gasteiger partial charge < -0.3 is 4.57 Å². The lowest BCUT2D eigenvalue weighted by Crippen LogP contribution is -2.01. The lowest BCUT2D eigenvalue weighted by molar-refractivity contribution is -0.383. The van der Waals surface area contributed by atoms with Crippen molar-refractivity contribution in [2.24, 2.45) is 0 Å². The number of aromatic nitrogens is 2. The Morgan fingerprint density at radius 2 is 2.00 bits per heavy atom. The Hall–Kier alpha value is -2.69. The normalized spacial score (nSPS) is 10.8. The summed E-state index contributed by atoms with van der Waals surface area (Å²) in [5, 5.41) is 11.7. The van der Waals surface area contributed by atoms with Crippen LogP contribution in [0.3, 0.4) is 0 Å². The zero-order valence-corrected chi connectivity index (χ0v) is 11.0. The monoisotopic (exact) mass is 267 g/mol. The molecule has 0 amide bonds. The Bertz CT molecular complexity index is 793. The molecular formula is C15H13N3O2. The van der Waals surface area contributed by atoms with E-state index in [2.05, 4.69) is 4.98 Å². The summed E-state index contributed by atoms with van der Waals surface area (Å²) in [4.78, 5) is 15.1. The number of nitro benzene ring substituents is 1. The van der Waals surface area contributed by atoms with Gasteiger partial charge in [-0.1, -0.05) is 12.1 Å². The number of hydrogen-bond donors (Lipinski definition) is 0.